The number of carbonyl (C=O) groups is 2. The Bertz CT molecular complexity index is 1250. The van der Waals surface area contributed by atoms with Crippen LogP contribution in [0.3, 0.4) is 0 Å². The lowest BCUT2D eigenvalue weighted by atomic mass is 9.72. The number of aromatic nitrogens is 2. The summed E-state index contributed by atoms with van der Waals surface area (Å²) in [5, 5.41) is 14.9. The fourth-order valence-electron chi connectivity index (χ4n) is 5.56. The molecule has 4 N–H and O–H groups in total. The van der Waals surface area contributed by atoms with Crippen molar-refractivity contribution < 1.29 is 9.59 Å². The Balaban J connectivity index is 1.31. The molecule has 7 heteroatoms. The van der Waals surface area contributed by atoms with Crippen molar-refractivity contribution in [1.82, 2.24) is 15.5 Å². The maximum absolute atomic E-state index is 12.8. The zero-order valence-electron chi connectivity index (χ0n) is 21.4. The van der Waals surface area contributed by atoms with Gasteiger partial charge in [0.25, 0.3) is 0 Å². The molecule has 0 radical (unpaired) electrons. The Kier molecular flexibility index (Phi) is 7.33. The summed E-state index contributed by atoms with van der Waals surface area (Å²) >= 11 is 0. The first-order chi connectivity index (χ1) is 17.9. The Hall–Kier alpha value is -3.58. The van der Waals surface area contributed by atoms with Crippen LogP contribution >= 0.6 is 0 Å². The minimum absolute atomic E-state index is 0.00929. The second kappa shape index (κ2) is 10.8. The third-order valence-corrected chi connectivity index (χ3v) is 7.85. The Morgan fingerprint density at radius 2 is 1.65 bits per heavy atom. The van der Waals surface area contributed by atoms with Crippen molar-refractivity contribution in [2.75, 3.05) is 5.32 Å². The van der Waals surface area contributed by atoms with E-state index in [1.165, 1.54) is 6.42 Å². The van der Waals surface area contributed by atoms with Gasteiger partial charge in [0.1, 0.15) is 5.69 Å². The molecule has 1 aromatic heterocycles. The smallest absolute Gasteiger partial charge is 0.225 e. The van der Waals surface area contributed by atoms with Gasteiger partial charge in [-0.05, 0) is 68.1 Å². The van der Waals surface area contributed by atoms with Gasteiger partial charge in [-0.25, -0.2) is 0 Å². The summed E-state index contributed by atoms with van der Waals surface area (Å²) in [6.45, 7) is 1.55. The number of amides is 2. The summed E-state index contributed by atoms with van der Waals surface area (Å²) in [5.41, 5.74) is 11.1. The highest BCUT2D eigenvalue weighted by molar-refractivity contribution is 5.91. The summed E-state index contributed by atoms with van der Waals surface area (Å²) < 4.78 is 0. The molecular weight excluding hydrogens is 462 g/mol. The number of carbonyl (C=O) groups excluding carboxylic acids is 2. The molecule has 0 spiro atoms. The van der Waals surface area contributed by atoms with Crippen LogP contribution in [0.5, 0.6) is 0 Å². The number of hydrogen-bond acceptors (Lipinski definition) is 5. The predicted octanol–water partition coefficient (Wildman–Crippen LogP) is 5.17. The Morgan fingerprint density at radius 1 is 0.946 bits per heavy atom. The molecule has 192 valence electrons. The van der Waals surface area contributed by atoms with Crippen LogP contribution in [0.25, 0.3) is 22.4 Å². The van der Waals surface area contributed by atoms with Crippen molar-refractivity contribution >= 4 is 17.6 Å². The van der Waals surface area contributed by atoms with E-state index in [0.29, 0.717) is 18.2 Å². The Morgan fingerprint density at radius 3 is 2.27 bits per heavy atom. The second-order valence-corrected chi connectivity index (χ2v) is 10.6. The van der Waals surface area contributed by atoms with Gasteiger partial charge in [-0.15, -0.1) is 10.2 Å². The number of rotatable bonds is 7. The summed E-state index contributed by atoms with van der Waals surface area (Å²) in [7, 11) is 0. The molecule has 0 saturated heterocycles. The summed E-state index contributed by atoms with van der Waals surface area (Å²) in [6, 6.07) is 20.5. The zero-order chi connectivity index (χ0) is 25.8. The number of anilines is 1. The standard InChI is InChI=1S/C30H35N5O2/c1-20(36)32-25-14-8-21(9-15-25)18-28(37)33-27-19-26(22-6-3-2-4-7-22)29(35-34-27)23-10-12-24(13-11-23)30(31)16-5-17-30/h2-4,6-7,10-13,19,21,25H,5,8-9,14-18,31H2,1H3,(H,32,36)(H,33,34,37)/t21-,25-. The van der Waals surface area contributed by atoms with Crippen LogP contribution in [0.1, 0.15) is 63.9 Å². The maximum atomic E-state index is 12.8. The molecule has 7 nitrogen and oxygen atoms in total. The summed E-state index contributed by atoms with van der Waals surface area (Å²) in [4.78, 5) is 24.1. The number of nitrogens with two attached hydrogens (primary N) is 1. The first-order valence-corrected chi connectivity index (χ1v) is 13.3. The van der Waals surface area contributed by atoms with Crippen LogP contribution in [-0.4, -0.2) is 28.1 Å². The number of hydrogen-bond donors (Lipinski definition) is 3. The van der Waals surface area contributed by atoms with Gasteiger partial charge in [-0.2, -0.15) is 0 Å². The molecule has 3 aromatic rings. The lowest BCUT2D eigenvalue weighted by Gasteiger charge is -2.38. The molecule has 1 heterocycles. The molecule has 0 aliphatic heterocycles. The molecule has 2 aliphatic rings. The number of nitrogens with zero attached hydrogens (tertiary/aromatic N) is 2. The third-order valence-electron chi connectivity index (χ3n) is 7.85. The van der Waals surface area contributed by atoms with Gasteiger partial charge in [0, 0.05) is 36.1 Å². The van der Waals surface area contributed by atoms with Crippen molar-refractivity contribution in [3.05, 3.63) is 66.2 Å². The van der Waals surface area contributed by atoms with Gasteiger partial charge in [0.05, 0.1) is 0 Å². The van der Waals surface area contributed by atoms with Crippen LogP contribution in [-0.2, 0) is 15.1 Å². The minimum atomic E-state index is -0.205. The quantitative estimate of drug-likeness (QED) is 0.417. The van der Waals surface area contributed by atoms with Gasteiger partial charge >= 0.3 is 0 Å². The highest BCUT2D eigenvalue weighted by Crippen LogP contribution is 2.40. The van der Waals surface area contributed by atoms with Crippen LogP contribution in [0.15, 0.2) is 60.7 Å². The van der Waals surface area contributed by atoms with E-state index in [2.05, 4.69) is 45.1 Å². The van der Waals surface area contributed by atoms with Crippen LogP contribution in [0.2, 0.25) is 0 Å². The van der Waals surface area contributed by atoms with Crippen molar-refractivity contribution in [1.29, 1.82) is 0 Å². The molecule has 2 aromatic carbocycles. The second-order valence-electron chi connectivity index (χ2n) is 10.6. The average molecular weight is 498 g/mol. The van der Waals surface area contributed by atoms with E-state index >= 15 is 0 Å². The molecule has 0 atom stereocenters. The maximum Gasteiger partial charge on any atom is 0.225 e. The monoisotopic (exact) mass is 497 g/mol. The SMILES string of the molecule is CC(=O)N[C@H]1CC[C@H](CC(=O)Nc2cc(-c3ccccc3)c(-c3ccc(C4(N)CCC4)cc3)nn2)CC1. The topological polar surface area (TPSA) is 110 Å². The molecule has 5 rings (SSSR count). The van der Waals surface area contributed by atoms with Crippen molar-refractivity contribution in [3.8, 4) is 22.4 Å². The van der Waals surface area contributed by atoms with Crippen LogP contribution in [0, 0.1) is 5.92 Å². The molecular formula is C30H35N5O2. The van der Waals surface area contributed by atoms with Crippen molar-refractivity contribution in [2.24, 2.45) is 11.7 Å². The fourth-order valence-corrected chi connectivity index (χ4v) is 5.56. The number of benzene rings is 2. The molecule has 0 unspecified atom stereocenters. The lowest BCUT2D eigenvalue weighted by Crippen LogP contribution is -2.43. The largest absolute Gasteiger partial charge is 0.354 e. The van der Waals surface area contributed by atoms with Crippen LogP contribution in [0.4, 0.5) is 5.82 Å². The predicted molar refractivity (Wildman–Crippen MR) is 145 cm³/mol. The fraction of sp³-hybridized carbons (Fsp3) is 0.400. The minimum Gasteiger partial charge on any atom is -0.354 e. The van der Waals surface area contributed by atoms with Crippen LogP contribution < -0.4 is 16.4 Å². The molecule has 2 fully saturated rings. The van der Waals surface area contributed by atoms with E-state index < -0.39 is 0 Å². The molecule has 2 aliphatic carbocycles. The highest BCUT2D eigenvalue weighted by Gasteiger charge is 2.34. The molecule has 0 bridgehead atoms. The van der Waals surface area contributed by atoms with Gasteiger partial charge in [-0.1, -0.05) is 54.6 Å². The van der Waals surface area contributed by atoms with E-state index in [-0.39, 0.29) is 23.4 Å². The zero-order valence-corrected chi connectivity index (χ0v) is 21.4. The molecule has 2 saturated carbocycles. The third kappa shape index (κ3) is 5.88. The highest BCUT2D eigenvalue weighted by atomic mass is 16.2. The van der Waals surface area contributed by atoms with E-state index in [9.17, 15) is 9.59 Å². The first-order valence-electron chi connectivity index (χ1n) is 13.3. The summed E-state index contributed by atoms with van der Waals surface area (Å²) in [5.74, 6) is 0.717. The molecule has 37 heavy (non-hydrogen) atoms. The van der Waals surface area contributed by atoms with E-state index in [4.69, 9.17) is 5.73 Å². The molecule has 2 amide bonds. The van der Waals surface area contributed by atoms with Gasteiger partial charge in [0.15, 0.2) is 5.82 Å². The average Bonchev–Trinajstić information content (AvgIpc) is 2.89. The van der Waals surface area contributed by atoms with Crippen molar-refractivity contribution in [3.63, 3.8) is 0 Å². The Labute approximate surface area is 218 Å². The van der Waals surface area contributed by atoms with Gasteiger partial charge in [-0.3, -0.25) is 9.59 Å². The van der Waals surface area contributed by atoms with E-state index in [1.807, 2.05) is 36.4 Å². The lowest BCUT2D eigenvalue weighted by molar-refractivity contribution is -0.120. The van der Waals surface area contributed by atoms with Gasteiger partial charge in [0.2, 0.25) is 11.8 Å². The van der Waals surface area contributed by atoms with Crippen molar-refractivity contribution in [2.45, 2.75) is 69.9 Å². The van der Waals surface area contributed by atoms with Gasteiger partial charge < -0.3 is 16.4 Å². The van der Waals surface area contributed by atoms with E-state index in [0.717, 1.165) is 66.5 Å². The van der Waals surface area contributed by atoms with E-state index in [1.54, 1.807) is 6.92 Å². The normalized spacial score (nSPS) is 20.5. The first kappa shape index (κ1) is 25.1. The number of nitrogens with one attached hydrogen (secondary N) is 2. The summed E-state index contributed by atoms with van der Waals surface area (Å²) in [6.07, 6.45) is 7.34.